The van der Waals surface area contributed by atoms with E-state index in [0.717, 1.165) is 59.3 Å². The molecular formula is C28H30BrN3O4. The molecule has 0 radical (unpaired) electrons. The van der Waals surface area contributed by atoms with Gasteiger partial charge in [-0.3, -0.25) is 14.5 Å². The number of benzene rings is 2. The molecule has 1 N–H and O–H groups in total. The lowest BCUT2D eigenvalue weighted by atomic mass is 9.94. The lowest BCUT2D eigenvalue weighted by Crippen LogP contribution is -2.36. The zero-order valence-corrected chi connectivity index (χ0v) is 22.0. The Hall–Kier alpha value is -2.97. The van der Waals surface area contributed by atoms with Gasteiger partial charge in [-0.15, -0.1) is 0 Å². The van der Waals surface area contributed by atoms with Crippen LogP contribution in [0.4, 0.5) is 5.69 Å². The molecule has 2 aromatic rings. The third-order valence-electron chi connectivity index (χ3n) is 7.02. The highest BCUT2D eigenvalue weighted by atomic mass is 79.9. The Kier molecular flexibility index (Phi) is 7.53. The van der Waals surface area contributed by atoms with Gasteiger partial charge >= 0.3 is 5.97 Å². The van der Waals surface area contributed by atoms with E-state index in [1.54, 1.807) is 0 Å². The van der Waals surface area contributed by atoms with E-state index in [1.165, 1.54) is 0 Å². The van der Waals surface area contributed by atoms with Gasteiger partial charge in [0.2, 0.25) is 0 Å². The van der Waals surface area contributed by atoms with E-state index < -0.39 is 0 Å². The molecule has 0 aromatic heterocycles. The fourth-order valence-electron chi connectivity index (χ4n) is 5.17. The van der Waals surface area contributed by atoms with Crippen LogP contribution in [0, 0.1) is 5.92 Å². The molecule has 188 valence electrons. The smallest absolute Gasteiger partial charge is 0.306 e. The molecule has 2 heterocycles. The van der Waals surface area contributed by atoms with E-state index >= 15 is 0 Å². The van der Waals surface area contributed by atoms with E-state index in [2.05, 4.69) is 31.3 Å². The van der Waals surface area contributed by atoms with Crippen molar-refractivity contribution in [2.24, 2.45) is 11.1 Å². The molecule has 1 aliphatic carbocycles. The molecule has 1 fully saturated rings. The highest BCUT2D eigenvalue weighted by Gasteiger charge is 2.34. The van der Waals surface area contributed by atoms with Crippen molar-refractivity contribution in [2.45, 2.75) is 32.6 Å². The number of Topliss-reactive ketones (excluding diaryl/α,β-unsaturated/α-hetero) is 1. The SMILES string of the molecule is CCOC(=O)CC1CCN(CCON=C2/C(=C3/C(=O)Cc4ccc(Br)cc43)Nc3ccccc32)CC1. The van der Waals surface area contributed by atoms with Gasteiger partial charge in [-0.05, 0) is 68.1 Å². The topological polar surface area (TPSA) is 80.2 Å². The average Bonchev–Trinajstić information content (AvgIpc) is 3.38. The molecule has 2 aromatic carbocycles. The minimum atomic E-state index is -0.0961. The monoisotopic (exact) mass is 551 g/mol. The molecule has 0 unspecified atom stereocenters. The van der Waals surface area contributed by atoms with E-state index in [1.807, 2.05) is 49.4 Å². The summed E-state index contributed by atoms with van der Waals surface area (Å²) in [6, 6.07) is 13.9. The molecule has 0 spiro atoms. The Morgan fingerprint density at radius 2 is 1.97 bits per heavy atom. The van der Waals surface area contributed by atoms with Gasteiger partial charge in [0.25, 0.3) is 0 Å². The number of hydrogen-bond acceptors (Lipinski definition) is 7. The zero-order valence-electron chi connectivity index (χ0n) is 20.4. The van der Waals surface area contributed by atoms with Crippen LogP contribution in [0.1, 0.15) is 42.9 Å². The number of carbonyl (C=O) groups is 2. The van der Waals surface area contributed by atoms with Gasteiger partial charge in [0.05, 0.1) is 17.9 Å². The Balaban J connectivity index is 1.27. The average molecular weight is 552 g/mol. The number of anilines is 1. The van der Waals surface area contributed by atoms with E-state index in [9.17, 15) is 9.59 Å². The first-order valence-electron chi connectivity index (χ1n) is 12.5. The Morgan fingerprint density at radius 3 is 2.78 bits per heavy atom. The standard InChI is InChI=1S/C28H30BrN3O4/c1-2-35-25(34)15-18-9-11-32(12-10-18)13-14-36-31-27-21-5-3-4-6-23(21)30-28(27)26-22-17-20(29)8-7-19(22)16-24(26)33/h3-8,17-18,30H,2,9-16H2,1H3/b28-26-,31-27?. The lowest BCUT2D eigenvalue weighted by Gasteiger charge is -2.31. The zero-order chi connectivity index (χ0) is 25.1. The van der Waals surface area contributed by atoms with Gasteiger partial charge in [-0.2, -0.15) is 0 Å². The maximum absolute atomic E-state index is 13.0. The molecule has 0 saturated carbocycles. The minimum Gasteiger partial charge on any atom is -0.466 e. The molecule has 8 heteroatoms. The predicted molar refractivity (Wildman–Crippen MR) is 143 cm³/mol. The van der Waals surface area contributed by atoms with Crippen molar-refractivity contribution in [3.63, 3.8) is 0 Å². The number of nitrogens with one attached hydrogen (secondary N) is 1. The summed E-state index contributed by atoms with van der Waals surface area (Å²) >= 11 is 3.54. The van der Waals surface area contributed by atoms with Gasteiger partial charge in [0, 0.05) is 35.1 Å². The maximum atomic E-state index is 13.0. The summed E-state index contributed by atoms with van der Waals surface area (Å²) in [5.74, 6) is 0.376. The number of hydrogen-bond donors (Lipinski definition) is 1. The fraction of sp³-hybridized carbons (Fsp3) is 0.393. The number of carbonyl (C=O) groups excluding carboxylic acids is 2. The molecule has 0 amide bonds. The molecule has 36 heavy (non-hydrogen) atoms. The molecule has 1 saturated heterocycles. The van der Waals surface area contributed by atoms with Crippen LogP contribution in [0.5, 0.6) is 0 Å². The van der Waals surface area contributed by atoms with Gasteiger partial charge in [0.15, 0.2) is 5.78 Å². The number of esters is 1. The number of halogens is 1. The third kappa shape index (κ3) is 5.25. The Morgan fingerprint density at radius 1 is 1.17 bits per heavy atom. The summed E-state index contributed by atoms with van der Waals surface area (Å²) in [5, 5.41) is 7.95. The van der Waals surface area contributed by atoms with Crippen molar-refractivity contribution in [1.82, 2.24) is 4.90 Å². The number of piperidine rings is 1. The van der Waals surface area contributed by atoms with Crippen molar-refractivity contribution in [1.29, 1.82) is 0 Å². The van der Waals surface area contributed by atoms with Crippen molar-refractivity contribution < 1.29 is 19.2 Å². The summed E-state index contributed by atoms with van der Waals surface area (Å²) < 4.78 is 6.02. The van der Waals surface area contributed by atoms with Crippen LogP contribution in [-0.2, 0) is 25.6 Å². The van der Waals surface area contributed by atoms with Crippen LogP contribution in [0.2, 0.25) is 0 Å². The number of oxime groups is 1. The van der Waals surface area contributed by atoms with Crippen LogP contribution in [0.15, 0.2) is 57.8 Å². The molecule has 2 aliphatic heterocycles. The molecule has 3 aliphatic rings. The number of nitrogens with zero attached hydrogens (tertiary/aromatic N) is 2. The van der Waals surface area contributed by atoms with Crippen LogP contribution < -0.4 is 5.32 Å². The van der Waals surface area contributed by atoms with E-state index in [4.69, 9.17) is 9.57 Å². The first-order chi connectivity index (χ1) is 17.5. The highest BCUT2D eigenvalue weighted by molar-refractivity contribution is 9.10. The molecule has 0 atom stereocenters. The largest absolute Gasteiger partial charge is 0.466 e. The summed E-state index contributed by atoms with van der Waals surface area (Å²) in [7, 11) is 0. The summed E-state index contributed by atoms with van der Waals surface area (Å²) in [5.41, 5.74) is 5.83. The number of para-hydroxylation sites is 1. The van der Waals surface area contributed by atoms with Gasteiger partial charge < -0.3 is 14.9 Å². The molecule has 7 nitrogen and oxygen atoms in total. The second-order valence-corrected chi connectivity index (χ2v) is 10.3. The quantitative estimate of drug-likeness (QED) is 0.230. The van der Waals surface area contributed by atoms with Crippen LogP contribution in [-0.4, -0.2) is 55.2 Å². The second-order valence-electron chi connectivity index (χ2n) is 9.39. The lowest BCUT2D eigenvalue weighted by molar-refractivity contribution is -0.144. The number of fused-ring (bicyclic) bond motifs is 2. The number of allylic oxidation sites excluding steroid dienone is 2. The van der Waals surface area contributed by atoms with Crippen LogP contribution >= 0.6 is 15.9 Å². The maximum Gasteiger partial charge on any atom is 0.306 e. The number of ether oxygens (including phenoxy) is 1. The van der Waals surface area contributed by atoms with Gasteiger partial charge in [-0.1, -0.05) is 45.4 Å². The van der Waals surface area contributed by atoms with Crippen molar-refractivity contribution in [3.05, 3.63) is 69.3 Å². The normalized spacial score (nSPS) is 20.8. The fourth-order valence-corrected chi connectivity index (χ4v) is 5.54. The number of ketones is 1. The van der Waals surface area contributed by atoms with Gasteiger partial charge in [0.1, 0.15) is 12.3 Å². The van der Waals surface area contributed by atoms with Crippen molar-refractivity contribution in [3.8, 4) is 0 Å². The summed E-state index contributed by atoms with van der Waals surface area (Å²) in [6.07, 6.45) is 2.86. The third-order valence-corrected chi connectivity index (χ3v) is 7.52. The first-order valence-corrected chi connectivity index (χ1v) is 13.3. The molecule has 5 rings (SSSR count). The number of rotatable bonds is 7. The minimum absolute atomic E-state index is 0.0804. The first kappa shape index (κ1) is 24.7. The number of likely N-dealkylation sites (tertiary alicyclic amines) is 1. The summed E-state index contributed by atoms with van der Waals surface area (Å²) in [4.78, 5) is 32.9. The predicted octanol–water partition coefficient (Wildman–Crippen LogP) is 4.80. The van der Waals surface area contributed by atoms with Crippen molar-refractivity contribution >= 4 is 44.7 Å². The highest BCUT2D eigenvalue weighted by Crippen LogP contribution is 2.39. The van der Waals surface area contributed by atoms with Crippen LogP contribution in [0.25, 0.3) is 5.57 Å². The summed E-state index contributed by atoms with van der Waals surface area (Å²) in [6.45, 7) is 5.36. The van der Waals surface area contributed by atoms with E-state index in [-0.39, 0.29) is 11.8 Å². The second kappa shape index (κ2) is 11.0. The Labute approximate surface area is 219 Å². The van der Waals surface area contributed by atoms with Crippen LogP contribution in [0.3, 0.4) is 0 Å². The van der Waals surface area contributed by atoms with Crippen molar-refractivity contribution in [2.75, 3.05) is 38.2 Å². The molecule has 0 bridgehead atoms. The van der Waals surface area contributed by atoms with Gasteiger partial charge in [-0.25, -0.2) is 0 Å². The van der Waals surface area contributed by atoms with E-state index in [0.29, 0.717) is 49.0 Å². The molecular weight excluding hydrogens is 522 g/mol. The Bertz CT molecular complexity index is 1230.